The molecule has 2 aromatic carbocycles. The molecule has 1 atom stereocenters. The predicted molar refractivity (Wildman–Crippen MR) is 91.4 cm³/mol. The van der Waals surface area contributed by atoms with Gasteiger partial charge in [-0.15, -0.1) is 0 Å². The third kappa shape index (κ3) is 5.06. The lowest BCUT2D eigenvalue weighted by Gasteiger charge is -2.15. The van der Waals surface area contributed by atoms with E-state index in [1.807, 2.05) is 24.3 Å². The molecule has 24 heavy (non-hydrogen) atoms. The summed E-state index contributed by atoms with van der Waals surface area (Å²) in [4.78, 5) is 23.4. The molecule has 2 aromatic rings. The quantitative estimate of drug-likeness (QED) is 0.795. The monoisotopic (exact) mass is 349 g/mol. The number of hydrogen-bond donors (Lipinski definition) is 2. The maximum absolute atomic E-state index is 11.9. The van der Waals surface area contributed by atoms with E-state index < -0.39 is 27.8 Å². The summed E-state index contributed by atoms with van der Waals surface area (Å²) in [5.41, 5.74) is 0.470. The van der Waals surface area contributed by atoms with Gasteiger partial charge in [-0.2, -0.15) is 0 Å². The minimum absolute atomic E-state index is 0.0373. The van der Waals surface area contributed by atoms with Crippen LogP contribution in [-0.2, 0) is 19.4 Å². The van der Waals surface area contributed by atoms with Crippen molar-refractivity contribution in [3.63, 3.8) is 0 Å². The largest absolute Gasteiger partial charge is 0.479 e. The van der Waals surface area contributed by atoms with Crippen LogP contribution in [0.4, 0.5) is 0 Å². The minimum Gasteiger partial charge on any atom is -0.479 e. The van der Waals surface area contributed by atoms with Crippen LogP contribution >= 0.6 is 0 Å². The van der Waals surface area contributed by atoms with Gasteiger partial charge in [0.15, 0.2) is 6.04 Å². The van der Waals surface area contributed by atoms with Crippen LogP contribution in [0.3, 0.4) is 0 Å². The lowest BCUT2D eigenvalue weighted by Crippen LogP contribution is -2.33. The maximum atomic E-state index is 11.9. The molecule has 0 aliphatic rings. The second-order valence-electron chi connectivity index (χ2n) is 5.68. The van der Waals surface area contributed by atoms with E-state index in [1.165, 1.54) is 0 Å². The zero-order valence-corrected chi connectivity index (χ0v) is 14.0. The molecule has 0 saturated carbocycles. The van der Waals surface area contributed by atoms with E-state index in [9.17, 15) is 23.1 Å². The summed E-state index contributed by atoms with van der Waals surface area (Å²) in [5, 5.41) is 13.7. The number of hydrogen-bond acceptors (Lipinski definition) is 4. The third-order valence-corrected chi connectivity index (χ3v) is 4.61. The van der Waals surface area contributed by atoms with Gasteiger partial charge < -0.3 is 10.4 Å². The van der Waals surface area contributed by atoms with Gasteiger partial charge in [0.2, 0.25) is 5.91 Å². The van der Waals surface area contributed by atoms with Gasteiger partial charge in [-0.3, -0.25) is 4.79 Å². The van der Waals surface area contributed by atoms with Gasteiger partial charge in [0.25, 0.3) is 0 Å². The Hall–Kier alpha value is -2.41. The normalized spacial score (nSPS) is 12.7. The zero-order valence-electron chi connectivity index (χ0n) is 13.2. The molecule has 0 fully saturated rings. The SMILES string of the molecule is CS(=O)(=O)CCCC(=O)NC(C(=O)O)c1ccc2ccccc2c1. The molecule has 6 nitrogen and oxygen atoms in total. The lowest BCUT2D eigenvalue weighted by atomic mass is 10.0. The highest BCUT2D eigenvalue weighted by Crippen LogP contribution is 2.21. The molecule has 0 heterocycles. The van der Waals surface area contributed by atoms with E-state index in [2.05, 4.69) is 5.32 Å². The maximum Gasteiger partial charge on any atom is 0.330 e. The van der Waals surface area contributed by atoms with Crippen molar-refractivity contribution < 1.29 is 23.1 Å². The summed E-state index contributed by atoms with van der Waals surface area (Å²) in [7, 11) is -3.14. The number of carboxylic acids is 1. The van der Waals surface area contributed by atoms with Crippen molar-refractivity contribution in [1.29, 1.82) is 0 Å². The summed E-state index contributed by atoms with van der Waals surface area (Å²) in [6.07, 6.45) is 1.22. The molecule has 0 bridgehead atoms. The number of aliphatic carboxylic acids is 1. The second kappa shape index (κ2) is 7.44. The second-order valence-corrected chi connectivity index (χ2v) is 7.94. The van der Waals surface area contributed by atoms with Crippen LogP contribution in [0.1, 0.15) is 24.4 Å². The summed E-state index contributed by atoms with van der Waals surface area (Å²) in [6.45, 7) is 0. The van der Waals surface area contributed by atoms with Crippen LogP contribution in [0, 0.1) is 0 Å². The molecule has 0 aliphatic carbocycles. The third-order valence-electron chi connectivity index (χ3n) is 3.58. The first kappa shape index (κ1) is 17.9. The van der Waals surface area contributed by atoms with Crippen LogP contribution in [0.15, 0.2) is 42.5 Å². The van der Waals surface area contributed by atoms with Crippen molar-refractivity contribution in [2.24, 2.45) is 0 Å². The van der Waals surface area contributed by atoms with Gasteiger partial charge in [-0.1, -0.05) is 36.4 Å². The fraction of sp³-hybridized carbons (Fsp3) is 0.294. The number of rotatable bonds is 7. The van der Waals surface area contributed by atoms with Crippen molar-refractivity contribution in [1.82, 2.24) is 5.32 Å². The Bertz CT molecular complexity index is 860. The van der Waals surface area contributed by atoms with Crippen LogP contribution < -0.4 is 5.32 Å². The number of carbonyl (C=O) groups is 2. The Morgan fingerprint density at radius 2 is 1.79 bits per heavy atom. The Morgan fingerprint density at radius 1 is 1.12 bits per heavy atom. The molecule has 0 aliphatic heterocycles. The molecule has 0 aromatic heterocycles. The number of carbonyl (C=O) groups excluding carboxylic acids is 1. The Morgan fingerprint density at radius 3 is 2.42 bits per heavy atom. The lowest BCUT2D eigenvalue weighted by molar-refractivity contribution is -0.142. The average molecular weight is 349 g/mol. The molecule has 2 rings (SSSR count). The summed E-state index contributed by atoms with van der Waals surface area (Å²) >= 11 is 0. The van der Waals surface area contributed by atoms with Crippen LogP contribution in [0.2, 0.25) is 0 Å². The molecular formula is C17H19NO5S. The van der Waals surface area contributed by atoms with E-state index in [4.69, 9.17) is 0 Å². The van der Waals surface area contributed by atoms with Gasteiger partial charge >= 0.3 is 5.97 Å². The highest BCUT2D eigenvalue weighted by Gasteiger charge is 2.22. The number of benzene rings is 2. The predicted octanol–water partition coefficient (Wildman–Crippen LogP) is 1.91. The van der Waals surface area contributed by atoms with Gasteiger partial charge in [-0.25, -0.2) is 13.2 Å². The smallest absolute Gasteiger partial charge is 0.330 e. The summed E-state index contributed by atoms with van der Waals surface area (Å²) in [5.74, 6) is -1.75. The molecule has 0 saturated heterocycles. The number of carboxylic acid groups (broad SMARTS) is 1. The fourth-order valence-corrected chi connectivity index (χ4v) is 3.07. The molecule has 128 valence electrons. The molecule has 0 radical (unpaired) electrons. The van der Waals surface area contributed by atoms with Crippen molar-refractivity contribution >= 4 is 32.5 Å². The Kier molecular flexibility index (Phi) is 5.56. The topological polar surface area (TPSA) is 101 Å². The molecule has 1 unspecified atom stereocenters. The minimum atomic E-state index is -3.14. The van der Waals surface area contributed by atoms with E-state index >= 15 is 0 Å². The van der Waals surface area contributed by atoms with Crippen molar-refractivity contribution in [2.75, 3.05) is 12.0 Å². The molecule has 0 spiro atoms. The Balaban J connectivity index is 2.10. The zero-order chi connectivity index (χ0) is 17.7. The van der Waals surface area contributed by atoms with Gasteiger partial charge in [0.05, 0.1) is 5.75 Å². The van der Waals surface area contributed by atoms with E-state index in [0.717, 1.165) is 17.0 Å². The van der Waals surface area contributed by atoms with Crippen LogP contribution in [0.5, 0.6) is 0 Å². The first-order valence-corrected chi connectivity index (χ1v) is 9.51. The van der Waals surface area contributed by atoms with E-state index in [0.29, 0.717) is 5.56 Å². The van der Waals surface area contributed by atoms with Crippen molar-refractivity contribution in [3.8, 4) is 0 Å². The number of fused-ring (bicyclic) bond motifs is 1. The molecule has 2 N–H and O–H groups in total. The van der Waals surface area contributed by atoms with Crippen LogP contribution in [0.25, 0.3) is 10.8 Å². The summed E-state index contributed by atoms with van der Waals surface area (Å²) < 4.78 is 22.1. The molecule has 7 heteroatoms. The van der Waals surface area contributed by atoms with Gasteiger partial charge in [-0.05, 0) is 28.8 Å². The van der Waals surface area contributed by atoms with E-state index in [-0.39, 0.29) is 18.6 Å². The van der Waals surface area contributed by atoms with E-state index in [1.54, 1.807) is 18.2 Å². The highest BCUT2D eigenvalue weighted by atomic mass is 32.2. The fourth-order valence-electron chi connectivity index (χ4n) is 2.40. The summed E-state index contributed by atoms with van der Waals surface area (Å²) in [6, 6.07) is 11.6. The number of nitrogens with one attached hydrogen (secondary N) is 1. The van der Waals surface area contributed by atoms with Gasteiger partial charge in [0.1, 0.15) is 9.84 Å². The first-order chi connectivity index (χ1) is 11.3. The Labute approximate surface area is 140 Å². The molecule has 1 amide bonds. The number of sulfone groups is 1. The number of amides is 1. The highest BCUT2D eigenvalue weighted by molar-refractivity contribution is 7.90. The van der Waals surface area contributed by atoms with Crippen LogP contribution in [-0.4, -0.2) is 37.4 Å². The van der Waals surface area contributed by atoms with Gasteiger partial charge in [0, 0.05) is 12.7 Å². The molecular weight excluding hydrogens is 330 g/mol. The first-order valence-electron chi connectivity index (χ1n) is 7.45. The van der Waals surface area contributed by atoms with Crippen molar-refractivity contribution in [3.05, 3.63) is 48.0 Å². The standard InChI is InChI=1S/C17H19NO5S/c1-24(22,23)10-4-7-15(19)18-16(17(20)21)14-9-8-12-5-2-3-6-13(12)11-14/h2-3,5-6,8-9,11,16H,4,7,10H2,1H3,(H,18,19)(H,20,21). The average Bonchev–Trinajstić information content (AvgIpc) is 2.50. The van der Waals surface area contributed by atoms with Crippen molar-refractivity contribution in [2.45, 2.75) is 18.9 Å².